The second kappa shape index (κ2) is 10.0. The van der Waals surface area contributed by atoms with Gasteiger partial charge in [-0.05, 0) is 43.5 Å². The van der Waals surface area contributed by atoms with Crippen molar-refractivity contribution in [3.63, 3.8) is 0 Å². The van der Waals surface area contributed by atoms with Crippen LogP contribution in [0.5, 0.6) is 17.2 Å². The van der Waals surface area contributed by atoms with Crippen LogP contribution in [-0.2, 0) is 17.9 Å². The summed E-state index contributed by atoms with van der Waals surface area (Å²) in [6.07, 6.45) is 0. The van der Waals surface area contributed by atoms with E-state index in [9.17, 15) is 4.79 Å². The predicted octanol–water partition coefficient (Wildman–Crippen LogP) is 4.65. The van der Waals surface area contributed by atoms with Gasteiger partial charge in [0.15, 0.2) is 18.1 Å². The Labute approximate surface area is 200 Å². The first kappa shape index (κ1) is 23.4. The summed E-state index contributed by atoms with van der Waals surface area (Å²) >= 11 is 1.68. The molecule has 0 amide bonds. The van der Waals surface area contributed by atoms with Crippen LogP contribution in [0.1, 0.15) is 32.5 Å². The largest absolute Gasteiger partial charge is 0.493 e. The van der Waals surface area contributed by atoms with E-state index in [0.29, 0.717) is 34.9 Å². The van der Waals surface area contributed by atoms with Gasteiger partial charge in [-0.2, -0.15) is 0 Å². The van der Waals surface area contributed by atoms with Crippen LogP contribution in [0.25, 0.3) is 11.5 Å². The zero-order valence-electron chi connectivity index (χ0n) is 19.6. The van der Waals surface area contributed by atoms with E-state index < -0.39 is 5.97 Å². The molecular weight excluding hydrogens is 458 g/mol. The highest BCUT2D eigenvalue weighted by atomic mass is 32.1. The molecule has 0 aliphatic carbocycles. The molecule has 0 saturated heterocycles. The number of benzene rings is 1. The number of nitrogens with zero attached hydrogens (tertiary/aromatic N) is 3. The number of carbonyl (C=O) groups excluding carboxylic acids is 1. The zero-order chi connectivity index (χ0) is 24.2. The Hall–Kier alpha value is -3.79. The second-order valence-corrected chi connectivity index (χ2v) is 8.47. The molecule has 4 rings (SSSR count). The maximum atomic E-state index is 12.8. The Balaban J connectivity index is 1.47. The van der Waals surface area contributed by atoms with E-state index in [4.69, 9.17) is 23.4 Å². The minimum absolute atomic E-state index is 0.148. The number of methoxy groups -OCH3 is 3. The Kier molecular flexibility index (Phi) is 6.87. The summed E-state index contributed by atoms with van der Waals surface area (Å²) in [5.74, 6) is 1.34. The van der Waals surface area contributed by atoms with Gasteiger partial charge in [-0.25, -0.2) is 4.79 Å². The lowest BCUT2D eigenvalue weighted by molar-refractivity contribution is 0.0437. The molecular formula is C24H25N3O6S. The van der Waals surface area contributed by atoms with Crippen molar-refractivity contribution in [2.24, 2.45) is 0 Å². The van der Waals surface area contributed by atoms with Crippen LogP contribution in [0.4, 0.5) is 0 Å². The Morgan fingerprint density at radius 2 is 1.79 bits per heavy atom. The van der Waals surface area contributed by atoms with Crippen molar-refractivity contribution in [2.75, 3.05) is 21.3 Å². The van der Waals surface area contributed by atoms with E-state index in [0.717, 1.165) is 11.4 Å². The molecule has 3 heterocycles. The van der Waals surface area contributed by atoms with Crippen LogP contribution in [0.15, 0.2) is 40.1 Å². The van der Waals surface area contributed by atoms with Crippen molar-refractivity contribution >= 4 is 17.3 Å². The van der Waals surface area contributed by atoms with Crippen LogP contribution in [0.2, 0.25) is 0 Å². The summed E-state index contributed by atoms with van der Waals surface area (Å²) in [6.45, 7) is 4.45. The van der Waals surface area contributed by atoms with Gasteiger partial charge in [0.05, 0.1) is 33.4 Å². The van der Waals surface area contributed by atoms with Crippen molar-refractivity contribution in [1.82, 2.24) is 14.8 Å². The van der Waals surface area contributed by atoms with Crippen molar-refractivity contribution in [1.29, 1.82) is 0 Å². The highest BCUT2D eigenvalue weighted by Gasteiger charge is 2.20. The predicted molar refractivity (Wildman–Crippen MR) is 126 cm³/mol. The summed E-state index contributed by atoms with van der Waals surface area (Å²) in [5, 5.41) is 10.1. The van der Waals surface area contributed by atoms with E-state index in [-0.39, 0.29) is 18.4 Å². The van der Waals surface area contributed by atoms with Gasteiger partial charge in [0, 0.05) is 21.8 Å². The SMILES string of the molecule is COc1cc(-c2nnc(COC(=O)c3cc(C)n(Cc4cccs4)c3C)o2)cc(OC)c1OC. The molecule has 0 bridgehead atoms. The number of thiophene rings is 1. The van der Waals surface area contributed by atoms with Crippen molar-refractivity contribution in [3.8, 4) is 28.7 Å². The number of aromatic nitrogens is 3. The fourth-order valence-corrected chi connectivity index (χ4v) is 4.34. The maximum Gasteiger partial charge on any atom is 0.340 e. The fourth-order valence-electron chi connectivity index (χ4n) is 3.65. The maximum absolute atomic E-state index is 12.8. The third-order valence-corrected chi connectivity index (χ3v) is 6.25. The minimum atomic E-state index is -0.446. The molecule has 0 aliphatic heterocycles. The number of ether oxygens (including phenoxy) is 4. The number of hydrogen-bond acceptors (Lipinski definition) is 9. The normalized spacial score (nSPS) is 10.9. The molecule has 34 heavy (non-hydrogen) atoms. The molecule has 178 valence electrons. The summed E-state index contributed by atoms with van der Waals surface area (Å²) in [7, 11) is 4.58. The van der Waals surface area contributed by atoms with Crippen LogP contribution < -0.4 is 14.2 Å². The Bertz CT molecular complexity index is 1270. The van der Waals surface area contributed by atoms with Gasteiger partial charge in [0.2, 0.25) is 11.6 Å². The first-order valence-corrected chi connectivity index (χ1v) is 11.3. The summed E-state index contributed by atoms with van der Waals surface area (Å²) in [4.78, 5) is 14.0. The van der Waals surface area contributed by atoms with Gasteiger partial charge in [-0.1, -0.05) is 6.07 Å². The zero-order valence-corrected chi connectivity index (χ0v) is 20.4. The fraction of sp³-hybridized carbons (Fsp3) is 0.292. The lowest BCUT2D eigenvalue weighted by Gasteiger charge is -2.12. The van der Waals surface area contributed by atoms with Gasteiger partial charge >= 0.3 is 5.97 Å². The first-order valence-electron chi connectivity index (χ1n) is 10.4. The lowest BCUT2D eigenvalue weighted by atomic mass is 10.2. The van der Waals surface area contributed by atoms with Crippen LogP contribution in [0.3, 0.4) is 0 Å². The van der Waals surface area contributed by atoms with Crippen LogP contribution >= 0.6 is 11.3 Å². The molecule has 0 fully saturated rings. The molecule has 0 aliphatic rings. The third-order valence-electron chi connectivity index (χ3n) is 5.39. The monoisotopic (exact) mass is 483 g/mol. The van der Waals surface area contributed by atoms with Gasteiger partial charge in [0.1, 0.15) is 0 Å². The molecule has 1 aromatic carbocycles. The van der Waals surface area contributed by atoms with Gasteiger partial charge in [-0.15, -0.1) is 21.5 Å². The second-order valence-electron chi connectivity index (χ2n) is 7.44. The molecule has 10 heteroatoms. The van der Waals surface area contributed by atoms with E-state index in [1.807, 2.05) is 31.4 Å². The van der Waals surface area contributed by atoms with E-state index >= 15 is 0 Å². The standard InChI is InChI=1S/C24H25N3O6S/c1-14-9-18(15(2)27(14)12-17-7-6-8-34-17)24(28)32-13-21-25-26-23(33-21)16-10-19(29-3)22(31-5)20(11-16)30-4/h6-11H,12-13H2,1-5H3. The van der Waals surface area contributed by atoms with E-state index in [1.54, 1.807) is 23.5 Å². The van der Waals surface area contributed by atoms with E-state index in [2.05, 4.69) is 20.8 Å². The molecule has 3 aromatic heterocycles. The van der Waals surface area contributed by atoms with Crippen LogP contribution in [-0.4, -0.2) is 42.1 Å². The molecule has 0 N–H and O–H groups in total. The third kappa shape index (κ3) is 4.62. The van der Waals surface area contributed by atoms with Gasteiger partial charge in [-0.3, -0.25) is 0 Å². The number of carbonyl (C=O) groups is 1. The summed E-state index contributed by atoms with van der Waals surface area (Å²) in [6, 6.07) is 9.32. The van der Waals surface area contributed by atoms with Crippen molar-refractivity contribution in [3.05, 3.63) is 63.4 Å². The molecule has 9 nitrogen and oxygen atoms in total. The summed E-state index contributed by atoms with van der Waals surface area (Å²) < 4.78 is 29.3. The topological polar surface area (TPSA) is 97.8 Å². The number of hydrogen-bond donors (Lipinski definition) is 0. The van der Waals surface area contributed by atoms with Gasteiger partial charge < -0.3 is 27.9 Å². The van der Waals surface area contributed by atoms with Crippen LogP contribution in [0, 0.1) is 13.8 Å². The van der Waals surface area contributed by atoms with E-state index in [1.165, 1.54) is 26.2 Å². The lowest BCUT2D eigenvalue weighted by Crippen LogP contribution is -2.08. The Morgan fingerprint density at radius 3 is 2.41 bits per heavy atom. The molecule has 0 saturated carbocycles. The molecule has 4 aromatic rings. The van der Waals surface area contributed by atoms with Gasteiger partial charge in [0.25, 0.3) is 5.89 Å². The molecule has 0 spiro atoms. The highest BCUT2D eigenvalue weighted by molar-refractivity contribution is 7.09. The number of esters is 1. The average Bonchev–Trinajstić information content (AvgIpc) is 3.59. The smallest absolute Gasteiger partial charge is 0.340 e. The van der Waals surface area contributed by atoms with Crippen molar-refractivity contribution < 1.29 is 28.2 Å². The number of aryl methyl sites for hydroxylation is 1. The summed E-state index contributed by atoms with van der Waals surface area (Å²) in [5.41, 5.74) is 2.93. The number of rotatable bonds is 9. The minimum Gasteiger partial charge on any atom is -0.493 e. The Morgan fingerprint density at radius 1 is 1.06 bits per heavy atom. The molecule has 0 radical (unpaired) electrons. The van der Waals surface area contributed by atoms with Crippen molar-refractivity contribution in [2.45, 2.75) is 27.0 Å². The molecule has 0 atom stereocenters. The average molecular weight is 484 g/mol. The first-order chi connectivity index (χ1) is 16.4. The quantitative estimate of drug-likeness (QED) is 0.317. The highest BCUT2D eigenvalue weighted by Crippen LogP contribution is 2.40. The molecule has 0 unspecified atom stereocenters.